The number of hydrogen-bond acceptors (Lipinski definition) is 19. The number of aryl methyl sites for hydroxylation is 2. The molecular formula is C63H65F6N12O11P3. The number of aromatic nitrogens is 6. The summed E-state index contributed by atoms with van der Waals surface area (Å²) in [5.74, 6) is -3.02. The molecule has 32 heteroatoms. The van der Waals surface area contributed by atoms with E-state index < -0.39 is 86.9 Å². The summed E-state index contributed by atoms with van der Waals surface area (Å²) in [4.78, 5) is 71.6. The van der Waals surface area contributed by atoms with E-state index in [-0.39, 0.29) is 24.0 Å². The van der Waals surface area contributed by atoms with Gasteiger partial charge in [-0.15, -0.1) is 0 Å². The van der Waals surface area contributed by atoms with Crippen molar-refractivity contribution in [3.05, 3.63) is 205 Å². The number of carbonyl (C=O) groups excluding carboxylic acids is 3. The Morgan fingerprint density at radius 3 is 1.37 bits per heavy atom. The summed E-state index contributed by atoms with van der Waals surface area (Å²) < 4.78 is 131. The molecule has 8 aromatic rings. The molecule has 0 bridgehead atoms. The average molecular weight is 1370 g/mol. The van der Waals surface area contributed by atoms with Crippen molar-refractivity contribution in [1.82, 2.24) is 29.9 Å². The van der Waals surface area contributed by atoms with Crippen LogP contribution in [-0.2, 0) is 48.6 Å². The summed E-state index contributed by atoms with van der Waals surface area (Å²) in [6.07, 6.45) is 4.20. The molecular weight excluding hydrogens is 1310 g/mol. The predicted octanol–water partition coefficient (Wildman–Crippen LogP) is 16.5. The molecule has 23 nitrogen and oxygen atoms in total. The van der Waals surface area contributed by atoms with Gasteiger partial charge in [0.05, 0.1) is 57.9 Å². The van der Waals surface area contributed by atoms with Gasteiger partial charge >= 0.3 is 41.1 Å². The molecule has 0 saturated carbocycles. The van der Waals surface area contributed by atoms with Gasteiger partial charge < -0.3 is 37.4 Å². The van der Waals surface area contributed by atoms with Crippen LogP contribution in [-0.4, -0.2) is 77.2 Å². The fraction of sp³-hybridized carbons (Fsp3) is 0.206. The van der Waals surface area contributed by atoms with E-state index in [0.29, 0.717) is 66.0 Å². The Bertz CT molecular complexity index is 4130. The largest absolute Gasteiger partial charge is 0.478 e. The highest BCUT2D eigenvalue weighted by Crippen LogP contribution is 2.82. The van der Waals surface area contributed by atoms with Gasteiger partial charge in [-0.2, -0.15) is 26.3 Å². The van der Waals surface area contributed by atoms with Crippen molar-refractivity contribution < 1.29 is 77.3 Å². The number of hydrogen-bond donors (Lipinski definition) is 7. The van der Waals surface area contributed by atoms with Gasteiger partial charge in [-0.25, -0.2) is 37.7 Å². The van der Waals surface area contributed by atoms with Crippen LogP contribution in [0.3, 0.4) is 0 Å². The molecule has 0 spiro atoms. The summed E-state index contributed by atoms with van der Waals surface area (Å²) in [6.45, 7) is 15.6. The predicted molar refractivity (Wildman–Crippen MR) is 351 cm³/mol. The van der Waals surface area contributed by atoms with Crippen molar-refractivity contribution in [3.63, 3.8) is 0 Å². The second-order valence-corrected chi connectivity index (χ2v) is 27.2. The van der Waals surface area contributed by atoms with Crippen LogP contribution in [0.25, 0.3) is 22.5 Å². The highest BCUT2D eigenvalue weighted by Gasteiger charge is 2.51. The SMILES string of the molecule is C=CC(=O)Nc1ccc(C(=O)Nc2ccc(C)c(Nc3nccc(-c4cccnc4)n3)c2)cc1C(F)(F)F.C=CC(=O)Nc1ccc(C(=O)O)cc1C(F)(F)F.CCCP1(=O)OP(=O)(CCC)OP(=O)(CCC)O1.Cc1ccc(N)cc1Nc1nccc(-c2cccnc2)n1. The van der Waals surface area contributed by atoms with Gasteiger partial charge in [0.25, 0.3) is 5.91 Å². The van der Waals surface area contributed by atoms with Gasteiger partial charge in [-0.05, 0) is 153 Å². The van der Waals surface area contributed by atoms with Gasteiger partial charge in [0.15, 0.2) is 0 Å². The molecule has 8 N–H and O–H groups in total. The van der Waals surface area contributed by atoms with Crippen LogP contribution in [0.2, 0.25) is 0 Å². The van der Waals surface area contributed by atoms with E-state index in [0.717, 1.165) is 64.0 Å². The zero-order valence-corrected chi connectivity index (χ0v) is 54.3. The number of aromatic carboxylic acids is 1. The minimum absolute atomic E-state index is 0.109. The zero-order chi connectivity index (χ0) is 69.7. The fourth-order valence-corrected chi connectivity index (χ4v) is 17.7. The first-order valence-corrected chi connectivity index (χ1v) is 33.8. The number of anilines is 8. The number of nitrogens with one attached hydrogen (secondary N) is 5. The Kier molecular flexibility index (Phi) is 26.1. The smallest absolute Gasteiger partial charge is 0.418 e. The number of nitrogens with two attached hydrogens (primary N) is 1. The molecule has 0 unspecified atom stereocenters. The van der Waals surface area contributed by atoms with Crippen molar-refractivity contribution >= 4 is 92.5 Å². The number of carbonyl (C=O) groups is 4. The summed E-state index contributed by atoms with van der Waals surface area (Å²) in [5.41, 5.74) is 9.35. The van der Waals surface area contributed by atoms with E-state index in [1.807, 2.05) is 61.6 Å². The molecule has 0 radical (unpaired) electrons. The van der Waals surface area contributed by atoms with Gasteiger partial charge in [0.2, 0.25) is 23.7 Å². The zero-order valence-electron chi connectivity index (χ0n) is 51.6. The molecule has 9 rings (SSSR count). The summed E-state index contributed by atoms with van der Waals surface area (Å²) in [7, 11) is -10.7. The van der Waals surface area contributed by atoms with Crippen molar-refractivity contribution in [1.29, 1.82) is 0 Å². The third-order valence-electron chi connectivity index (χ3n) is 12.8. The maximum Gasteiger partial charge on any atom is 0.418 e. The number of rotatable bonds is 19. The van der Waals surface area contributed by atoms with E-state index in [1.165, 1.54) is 6.07 Å². The molecule has 1 fully saturated rings. The molecule has 1 aliphatic rings. The third kappa shape index (κ3) is 22.2. The molecule has 1 aliphatic heterocycles. The molecule has 5 heterocycles. The fourth-order valence-electron chi connectivity index (χ4n) is 8.34. The highest BCUT2D eigenvalue weighted by molar-refractivity contribution is 7.80. The highest BCUT2D eigenvalue weighted by atomic mass is 31.3. The maximum absolute atomic E-state index is 13.6. The van der Waals surface area contributed by atoms with Crippen molar-refractivity contribution in [2.75, 3.05) is 50.8 Å². The van der Waals surface area contributed by atoms with Crippen LogP contribution in [0, 0.1) is 13.8 Å². The Labute approximate surface area is 542 Å². The summed E-state index contributed by atoms with van der Waals surface area (Å²) in [6, 6.07) is 27.0. The van der Waals surface area contributed by atoms with E-state index in [9.17, 15) is 59.2 Å². The minimum atomic E-state index is -4.80. The normalized spacial score (nSPS) is 16.5. The number of carboxylic acids is 1. The van der Waals surface area contributed by atoms with Crippen molar-refractivity contribution in [2.45, 2.75) is 66.2 Å². The number of amides is 3. The van der Waals surface area contributed by atoms with Crippen molar-refractivity contribution in [2.24, 2.45) is 0 Å². The van der Waals surface area contributed by atoms with Crippen LogP contribution >= 0.6 is 22.8 Å². The number of nitrogens with zero attached hydrogens (tertiary/aromatic N) is 6. The van der Waals surface area contributed by atoms with Crippen LogP contribution in [0.5, 0.6) is 0 Å². The lowest BCUT2D eigenvalue weighted by Crippen LogP contribution is -2.17. The van der Waals surface area contributed by atoms with Crippen LogP contribution < -0.4 is 32.3 Å². The first-order valence-electron chi connectivity index (χ1n) is 28.6. The number of benzene rings is 4. The van der Waals surface area contributed by atoms with Crippen LogP contribution in [0.4, 0.5) is 72.4 Å². The standard InChI is InChI=1S/C27H21F3N6O2.C16H15N5.C11H8F3NO3.C9H21O6P3/c1-3-24(37)34-22-9-7-17(13-20(22)27(28,29)30)25(38)33-19-8-6-16(2)23(14-19)36-26-32-12-10-21(35-26)18-5-4-11-31-15-18;1-11-4-5-13(17)9-15(11)21-16-19-8-6-14(20-16)12-3-2-7-18-10-12;1-2-9(16)15-8-4-3-6(10(17)18)5-7(8)11(12,13)14;1-4-7-16(10)13-17(11,8-5-2)15-18(12,14-16)9-6-3/h3-15H,1H2,2H3,(H,33,38)(H,34,37)(H,32,35,36);2-10H,17H2,1H3,(H,19,20,21);2-5H,1H2,(H,15,16)(H,17,18);4-9H2,1-3H3. The Hall–Kier alpha value is -9.75. The molecule has 0 aliphatic carbocycles. The molecule has 4 aromatic carbocycles. The average Bonchev–Trinajstić information content (AvgIpc) is 0.772. The first-order chi connectivity index (χ1) is 44.9. The summed E-state index contributed by atoms with van der Waals surface area (Å²) >= 11 is 0. The lowest BCUT2D eigenvalue weighted by atomic mass is 10.1. The van der Waals surface area contributed by atoms with Gasteiger partial charge in [-0.3, -0.25) is 38.0 Å². The maximum atomic E-state index is 13.6. The number of carboxylic acid groups (broad SMARTS) is 1. The molecule has 95 heavy (non-hydrogen) atoms. The minimum Gasteiger partial charge on any atom is -0.478 e. The Morgan fingerprint density at radius 2 is 0.968 bits per heavy atom. The molecule has 1 saturated heterocycles. The topological polar surface area (TPSA) is 331 Å². The molecule has 0 atom stereocenters. The number of pyridine rings is 2. The second kappa shape index (κ2) is 33.4. The summed E-state index contributed by atoms with van der Waals surface area (Å²) in [5, 5.41) is 21.6. The Balaban J connectivity index is 0.000000214. The molecule has 4 aromatic heterocycles. The van der Waals surface area contributed by atoms with Gasteiger partial charge in [0, 0.05) is 76.6 Å². The van der Waals surface area contributed by atoms with E-state index in [1.54, 1.807) is 88.3 Å². The molecule has 3 amide bonds. The third-order valence-corrected chi connectivity index (χ3v) is 21.7. The van der Waals surface area contributed by atoms with E-state index >= 15 is 0 Å². The monoisotopic (exact) mass is 1370 g/mol. The van der Waals surface area contributed by atoms with E-state index in [2.05, 4.69) is 64.3 Å². The van der Waals surface area contributed by atoms with Crippen LogP contribution in [0.1, 0.15) is 83.0 Å². The second-order valence-electron chi connectivity index (χ2n) is 20.3. The molecule has 500 valence electrons. The quantitative estimate of drug-likeness (QED) is 0.0171. The Morgan fingerprint density at radius 1 is 0.547 bits per heavy atom. The van der Waals surface area contributed by atoms with Gasteiger partial charge in [0.1, 0.15) is 0 Å². The number of nitrogen functional groups attached to an aromatic ring is 1. The van der Waals surface area contributed by atoms with E-state index in [4.69, 9.17) is 23.8 Å². The number of alkyl halides is 6. The lowest BCUT2D eigenvalue weighted by molar-refractivity contribution is -0.137. The van der Waals surface area contributed by atoms with Crippen molar-refractivity contribution in [3.8, 4) is 22.5 Å². The first kappa shape index (κ1) is 74.3. The number of halogens is 6. The van der Waals surface area contributed by atoms with Gasteiger partial charge in [-0.1, -0.05) is 46.1 Å². The lowest BCUT2D eigenvalue weighted by Gasteiger charge is -2.33. The van der Waals surface area contributed by atoms with Crippen LogP contribution in [0.15, 0.2) is 172 Å².